The van der Waals surface area contributed by atoms with Crippen LogP contribution in [0.2, 0.25) is 0 Å². The zero-order chi connectivity index (χ0) is 17.6. The SMILES string of the molecule is CC(C)CC(=O)N1CCCN(c2nc(Cc3ccccc3)ns2)CC1. The maximum Gasteiger partial charge on any atom is 0.222 e. The van der Waals surface area contributed by atoms with Gasteiger partial charge in [-0.15, -0.1) is 0 Å². The minimum atomic E-state index is 0.277. The molecule has 1 aromatic carbocycles. The largest absolute Gasteiger partial charge is 0.345 e. The Labute approximate surface area is 153 Å². The molecule has 2 heterocycles. The zero-order valence-corrected chi connectivity index (χ0v) is 15.8. The van der Waals surface area contributed by atoms with Crippen LogP contribution in [0.15, 0.2) is 30.3 Å². The van der Waals surface area contributed by atoms with Gasteiger partial charge in [-0.25, -0.2) is 4.98 Å². The number of nitrogens with zero attached hydrogens (tertiary/aromatic N) is 4. The van der Waals surface area contributed by atoms with E-state index < -0.39 is 0 Å². The second-order valence-corrected chi connectivity index (χ2v) is 7.71. The van der Waals surface area contributed by atoms with Crippen LogP contribution in [0, 0.1) is 5.92 Å². The number of hydrogen-bond donors (Lipinski definition) is 0. The number of rotatable bonds is 5. The van der Waals surface area contributed by atoms with Crippen LogP contribution in [0.1, 0.15) is 38.1 Å². The molecular weight excluding hydrogens is 332 g/mol. The van der Waals surface area contributed by atoms with Crippen LogP contribution in [0.25, 0.3) is 0 Å². The third-order valence-corrected chi connectivity index (χ3v) is 5.18. The highest BCUT2D eigenvalue weighted by Gasteiger charge is 2.21. The number of anilines is 1. The Balaban J connectivity index is 1.59. The highest BCUT2D eigenvalue weighted by Crippen LogP contribution is 2.21. The number of amides is 1. The van der Waals surface area contributed by atoms with E-state index in [4.69, 9.17) is 4.98 Å². The lowest BCUT2D eigenvalue weighted by atomic mass is 10.1. The molecule has 5 nitrogen and oxygen atoms in total. The van der Waals surface area contributed by atoms with E-state index in [-0.39, 0.29) is 5.91 Å². The van der Waals surface area contributed by atoms with Crippen LogP contribution in [0.4, 0.5) is 5.13 Å². The minimum absolute atomic E-state index is 0.277. The molecule has 1 aromatic heterocycles. The fraction of sp³-hybridized carbons (Fsp3) is 0.526. The molecule has 1 fully saturated rings. The van der Waals surface area contributed by atoms with Crippen molar-refractivity contribution in [1.29, 1.82) is 0 Å². The first-order chi connectivity index (χ1) is 12.1. The summed E-state index contributed by atoms with van der Waals surface area (Å²) in [5, 5.41) is 0.976. The average Bonchev–Trinajstić information content (AvgIpc) is 2.90. The van der Waals surface area contributed by atoms with Crippen molar-refractivity contribution >= 4 is 22.6 Å². The standard InChI is InChI=1S/C19H26N4OS/c1-15(2)13-18(24)22-9-6-10-23(12-11-22)19-20-17(21-25-19)14-16-7-4-3-5-8-16/h3-5,7-8,15H,6,9-14H2,1-2H3. The summed E-state index contributed by atoms with van der Waals surface area (Å²) in [7, 11) is 0. The average molecular weight is 359 g/mol. The van der Waals surface area contributed by atoms with Crippen LogP contribution >= 0.6 is 11.5 Å². The molecule has 2 aromatic rings. The van der Waals surface area contributed by atoms with Gasteiger partial charge in [0, 0.05) is 50.6 Å². The molecular formula is C19H26N4OS. The summed E-state index contributed by atoms with van der Waals surface area (Å²) in [5.74, 6) is 1.57. The third kappa shape index (κ3) is 5.01. The summed E-state index contributed by atoms with van der Waals surface area (Å²) in [6.45, 7) is 7.58. The summed E-state index contributed by atoms with van der Waals surface area (Å²) in [5.41, 5.74) is 1.23. The number of carbonyl (C=O) groups is 1. The molecule has 0 bridgehead atoms. The van der Waals surface area contributed by atoms with Crippen molar-refractivity contribution in [3.05, 3.63) is 41.7 Å². The second kappa shape index (κ2) is 8.43. The van der Waals surface area contributed by atoms with Crippen molar-refractivity contribution in [2.24, 2.45) is 5.92 Å². The van der Waals surface area contributed by atoms with E-state index in [9.17, 15) is 4.79 Å². The summed E-state index contributed by atoms with van der Waals surface area (Å²) in [4.78, 5) is 21.3. The predicted octanol–water partition coefficient (Wildman–Crippen LogP) is 3.21. The van der Waals surface area contributed by atoms with Crippen molar-refractivity contribution in [2.75, 3.05) is 31.1 Å². The summed E-state index contributed by atoms with van der Waals surface area (Å²) in [6, 6.07) is 10.3. The van der Waals surface area contributed by atoms with Gasteiger partial charge in [0.1, 0.15) is 5.82 Å². The highest BCUT2D eigenvalue weighted by molar-refractivity contribution is 7.09. The summed E-state index contributed by atoms with van der Waals surface area (Å²) >= 11 is 1.47. The topological polar surface area (TPSA) is 49.3 Å². The Morgan fingerprint density at radius 2 is 1.96 bits per heavy atom. The number of carbonyl (C=O) groups excluding carboxylic acids is 1. The molecule has 0 unspecified atom stereocenters. The van der Waals surface area contributed by atoms with Crippen molar-refractivity contribution in [3.8, 4) is 0 Å². The minimum Gasteiger partial charge on any atom is -0.345 e. The van der Waals surface area contributed by atoms with Crippen LogP contribution in [0.3, 0.4) is 0 Å². The van der Waals surface area contributed by atoms with Crippen molar-refractivity contribution in [3.63, 3.8) is 0 Å². The quantitative estimate of drug-likeness (QED) is 0.823. The Kier molecular flexibility index (Phi) is 6.02. The Bertz CT molecular complexity index is 686. The molecule has 1 aliphatic rings. The molecule has 1 aliphatic heterocycles. The highest BCUT2D eigenvalue weighted by atomic mass is 32.1. The monoisotopic (exact) mass is 358 g/mol. The first-order valence-corrected chi connectivity index (χ1v) is 9.78. The van der Waals surface area contributed by atoms with E-state index in [1.807, 2.05) is 23.1 Å². The van der Waals surface area contributed by atoms with Gasteiger partial charge in [0.05, 0.1) is 0 Å². The molecule has 0 aliphatic carbocycles. The molecule has 0 saturated carbocycles. The van der Waals surface area contributed by atoms with Gasteiger partial charge in [-0.3, -0.25) is 4.79 Å². The fourth-order valence-electron chi connectivity index (χ4n) is 3.06. The van der Waals surface area contributed by atoms with E-state index in [0.29, 0.717) is 12.3 Å². The van der Waals surface area contributed by atoms with Gasteiger partial charge in [0.25, 0.3) is 0 Å². The van der Waals surface area contributed by atoms with Gasteiger partial charge < -0.3 is 9.80 Å². The lowest BCUT2D eigenvalue weighted by Crippen LogP contribution is -2.35. The van der Waals surface area contributed by atoms with E-state index >= 15 is 0 Å². The molecule has 0 spiro atoms. The van der Waals surface area contributed by atoms with Gasteiger partial charge in [-0.2, -0.15) is 4.37 Å². The van der Waals surface area contributed by atoms with E-state index in [0.717, 1.165) is 50.0 Å². The van der Waals surface area contributed by atoms with Gasteiger partial charge >= 0.3 is 0 Å². The third-order valence-electron chi connectivity index (χ3n) is 4.36. The van der Waals surface area contributed by atoms with Crippen molar-refractivity contribution in [1.82, 2.24) is 14.3 Å². The van der Waals surface area contributed by atoms with E-state index in [1.54, 1.807) is 0 Å². The number of aromatic nitrogens is 2. The molecule has 6 heteroatoms. The number of benzene rings is 1. The van der Waals surface area contributed by atoms with Gasteiger partial charge in [0.2, 0.25) is 11.0 Å². The maximum absolute atomic E-state index is 12.3. The normalized spacial score (nSPS) is 15.5. The van der Waals surface area contributed by atoms with Crippen LogP contribution in [-0.4, -0.2) is 46.3 Å². The van der Waals surface area contributed by atoms with Gasteiger partial charge in [0.15, 0.2) is 0 Å². The van der Waals surface area contributed by atoms with Gasteiger partial charge in [-0.1, -0.05) is 44.2 Å². The first kappa shape index (κ1) is 17.9. The van der Waals surface area contributed by atoms with Gasteiger partial charge in [-0.05, 0) is 17.9 Å². The molecule has 0 N–H and O–H groups in total. The van der Waals surface area contributed by atoms with E-state index in [1.165, 1.54) is 17.1 Å². The lowest BCUT2D eigenvalue weighted by molar-refractivity contribution is -0.131. The Morgan fingerprint density at radius 1 is 1.16 bits per heavy atom. The molecule has 1 amide bonds. The van der Waals surface area contributed by atoms with Crippen LogP contribution in [-0.2, 0) is 11.2 Å². The van der Waals surface area contributed by atoms with Crippen molar-refractivity contribution in [2.45, 2.75) is 33.1 Å². The Hall–Kier alpha value is -1.95. The van der Waals surface area contributed by atoms with Crippen LogP contribution in [0.5, 0.6) is 0 Å². The van der Waals surface area contributed by atoms with E-state index in [2.05, 4.69) is 35.3 Å². The number of hydrogen-bond acceptors (Lipinski definition) is 5. The predicted molar refractivity (Wildman–Crippen MR) is 102 cm³/mol. The summed E-state index contributed by atoms with van der Waals surface area (Å²) < 4.78 is 4.52. The lowest BCUT2D eigenvalue weighted by Gasteiger charge is -2.22. The second-order valence-electron chi connectivity index (χ2n) is 6.97. The first-order valence-electron chi connectivity index (χ1n) is 9.01. The Morgan fingerprint density at radius 3 is 2.72 bits per heavy atom. The molecule has 3 rings (SSSR count). The van der Waals surface area contributed by atoms with Crippen molar-refractivity contribution < 1.29 is 4.79 Å². The summed E-state index contributed by atoms with van der Waals surface area (Å²) in [6.07, 6.45) is 2.39. The fourth-order valence-corrected chi connectivity index (χ4v) is 3.80. The smallest absolute Gasteiger partial charge is 0.222 e. The molecule has 0 atom stereocenters. The zero-order valence-electron chi connectivity index (χ0n) is 15.0. The molecule has 134 valence electrons. The maximum atomic E-state index is 12.3. The molecule has 0 radical (unpaired) electrons. The molecule has 1 saturated heterocycles. The van der Waals surface area contributed by atoms with Crippen LogP contribution < -0.4 is 4.90 Å². The molecule has 25 heavy (non-hydrogen) atoms.